The van der Waals surface area contributed by atoms with Gasteiger partial charge in [-0.2, -0.15) is 0 Å². The predicted molar refractivity (Wildman–Crippen MR) is 66.7 cm³/mol. The highest BCUT2D eigenvalue weighted by Crippen LogP contribution is 2.08. The van der Waals surface area contributed by atoms with Gasteiger partial charge in [0.25, 0.3) is 0 Å². The van der Waals surface area contributed by atoms with Crippen LogP contribution in [-0.4, -0.2) is 32.6 Å². The van der Waals surface area contributed by atoms with Gasteiger partial charge in [0.05, 0.1) is 12.7 Å². The minimum atomic E-state index is -0.325. The molecule has 0 saturated carbocycles. The summed E-state index contributed by atoms with van der Waals surface area (Å²) in [7, 11) is 1.58. The van der Waals surface area contributed by atoms with Crippen LogP contribution in [-0.2, 0) is 19.0 Å². The molecule has 0 unspecified atom stereocenters. The first kappa shape index (κ1) is 16.1. The SMILES string of the molecule is CCCCC[C@H](/C=C/C(=O)OCC)OCOC. The van der Waals surface area contributed by atoms with Crippen molar-refractivity contribution in [2.75, 3.05) is 20.5 Å². The van der Waals surface area contributed by atoms with Crippen molar-refractivity contribution in [2.45, 2.75) is 45.6 Å². The van der Waals surface area contributed by atoms with Gasteiger partial charge in [0.1, 0.15) is 6.79 Å². The molecule has 1 atom stereocenters. The zero-order valence-corrected chi connectivity index (χ0v) is 11.1. The molecule has 0 N–H and O–H groups in total. The van der Waals surface area contributed by atoms with Gasteiger partial charge in [-0.15, -0.1) is 0 Å². The lowest BCUT2D eigenvalue weighted by Gasteiger charge is -2.13. The van der Waals surface area contributed by atoms with Crippen LogP contribution in [0.15, 0.2) is 12.2 Å². The Hall–Kier alpha value is -0.870. The van der Waals surface area contributed by atoms with Gasteiger partial charge in [-0.25, -0.2) is 4.79 Å². The molecule has 0 rings (SSSR count). The number of ether oxygens (including phenoxy) is 3. The predicted octanol–water partition coefficient (Wildman–Crippen LogP) is 2.68. The van der Waals surface area contributed by atoms with E-state index in [1.807, 2.05) is 0 Å². The van der Waals surface area contributed by atoms with Gasteiger partial charge in [0.15, 0.2) is 0 Å². The first-order valence-electron chi connectivity index (χ1n) is 6.20. The van der Waals surface area contributed by atoms with E-state index in [4.69, 9.17) is 14.2 Å². The van der Waals surface area contributed by atoms with Crippen molar-refractivity contribution in [1.29, 1.82) is 0 Å². The summed E-state index contributed by atoms with van der Waals surface area (Å²) >= 11 is 0. The topological polar surface area (TPSA) is 44.8 Å². The summed E-state index contributed by atoms with van der Waals surface area (Å²) in [5.74, 6) is -0.325. The molecule has 100 valence electrons. The van der Waals surface area contributed by atoms with E-state index < -0.39 is 0 Å². The number of carbonyl (C=O) groups excluding carboxylic acids is 1. The van der Waals surface area contributed by atoms with E-state index in [1.165, 1.54) is 18.9 Å². The van der Waals surface area contributed by atoms with E-state index in [2.05, 4.69) is 6.92 Å². The number of esters is 1. The van der Waals surface area contributed by atoms with Gasteiger partial charge < -0.3 is 14.2 Å². The van der Waals surface area contributed by atoms with Crippen molar-refractivity contribution in [1.82, 2.24) is 0 Å². The molecular weight excluding hydrogens is 220 g/mol. The van der Waals surface area contributed by atoms with Gasteiger partial charge in [-0.3, -0.25) is 0 Å². The van der Waals surface area contributed by atoms with E-state index in [1.54, 1.807) is 20.1 Å². The fraction of sp³-hybridized carbons (Fsp3) is 0.769. The fourth-order valence-electron chi connectivity index (χ4n) is 1.36. The summed E-state index contributed by atoms with van der Waals surface area (Å²) in [6.07, 6.45) is 7.40. The van der Waals surface area contributed by atoms with Crippen LogP contribution < -0.4 is 0 Å². The monoisotopic (exact) mass is 244 g/mol. The normalized spacial score (nSPS) is 12.9. The van der Waals surface area contributed by atoms with Crippen LogP contribution in [0.2, 0.25) is 0 Å². The molecule has 0 heterocycles. The second kappa shape index (κ2) is 11.6. The van der Waals surface area contributed by atoms with Crippen LogP contribution in [0.4, 0.5) is 0 Å². The van der Waals surface area contributed by atoms with Gasteiger partial charge in [-0.1, -0.05) is 26.2 Å². The molecule has 0 aromatic rings. The lowest BCUT2D eigenvalue weighted by atomic mass is 10.1. The maximum Gasteiger partial charge on any atom is 0.330 e. The van der Waals surface area contributed by atoms with Crippen molar-refractivity contribution in [2.24, 2.45) is 0 Å². The van der Waals surface area contributed by atoms with Crippen LogP contribution in [0.1, 0.15) is 39.5 Å². The van der Waals surface area contributed by atoms with Crippen LogP contribution >= 0.6 is 0 Å². The van der Waals surface area contributed by atoms with Gasteiger partial charge in [0.2, 0.25) is 0 Å². The number of hydrogen-bond donors (Lipinski definition) is 0. The van der Waals surface area contributed by atoms with E-state index in [0.717, 1.165) is 12.8 Å². The summed E-state index contributed by atoms with van der Waals surface area (Å²) in [5, 5.41) is 0. The number of unbranched alkanes of at least 4 members (excludes halogenated alkanes) is 2. The van der Waals surface area contributed by atoms with E-state index in [0.29, 0.717) is 6.61 Å². The highest BCUT2D eigenvalue weighted by Gasteiger charge is 2.05. The zero-order valence-electron chi connectivity index (χ0n) is 11.1. The largest absolute Gasteiger partial charge is 0.463 e. The maximum atomic E-state index is 11.2. The quantitative estimate of drug-likeness (QED) is 0.256. The Morgan fingerprint density at radius 2 is 2.06 bits per heavy atom. The second-order valence-corrected chi connectivity index (χ2v) is 3.72. The molecule has 4 nitrogen and oxygen atoms in total. The number of methoxy groups -OCH3 is 1. The molecule has 0 saturated heterocycles. The maximum absolute atomic E-state index is 11.2. The molecule has 0 amide bonds. The average Bonchev–Trinajstić information content (AvgIpc) is 2.32. The number of hydrogen-bond acceptors (Lipinski definition) is 4. The third-order valence-corrected chi connectivity index (χ3v) is 2.23. The first-order valence-corrected chi connectivity index (χ1v) is 6.20. The standard InChI is InChI=1S/C13H24O4/c1-4-6-7-8-12(17-11-15-3)9-10-13(14)16-5-2/h9-10,12H,4-8,11H2,1-3H3/b10-9+/t12-/m1/s1. The molecule has 0 radical (unpaired) electrons. The molecular formula is C13H24O4. The van der Waals surface area contributed by atoms with Crippen LogP contribution in [0.5, 0.6) is 0 Å². The van der Waals surface area contributed by atoms with Gasteiger partial charge in [-0.05, 0) is 19.4 Å². The highest BCUT2D eigenvalue weighted by molar-refractivity contribution is 5.81. The van der Waals surface area contributed by atoms with Crippen LogP contribution in [0, 0.1) is 0 Å². The summed E-state index contributed by atoms with van der Waals surface area (Å²) in [4.78, 5) is 11.2. The van der Waals surface area contributed by atoms with Crippen molar-refractivity contribution < 1.29 is 19.0 Å². The van der Waals surface area contributed by atoms with Crippen molar-refractivity contribution >= 4 is 5.97 Å². The molecule has 0 aliphatic heterocycles. The summed E-state index contributed by atoms with van der Waals surface area (Å²) in [6.45, 7) is 4.57. The molecule has 0 aromatic carbocycles. The minimum absolute atomic E-state index is 0.0779. The van der Waals surface area contributed by atoms with Crippen LogP contribution in [0.3, 0.4) is 0 Å². The van der Waals surface area contributed by atoms with Crippen molar-refractivity contribution in [3.05, 3.63) is 12.2 Å². The van der Waals surface area contributed by atoms with Gasteiger partial charge >= 0.3 is 5.97 Å². The zero-order chi connectivity index (χ0) is 12.9. The summed E-state index contributed by atoms with van der Waals surface area (Å²) < 4.78 is 15.1. The van der Waals surface area contributed by atoms with Crippen molar-refractivity contribution in [3.8, 4) is 0 Å². The Morgan fingerprint density at radius 3 is 2.65 bits per heavy atom. The Morgan fingerprint density at radius 1 is 1.29 bits per heavy atom. The fourth-order valence-corrected chi connectivity index (χ4v) is 1.36. The Balaban J connectivity index is 4.02. The smallest absolute Gasteiger partial charge is 0.330 e. The Kier molecular flexibility index (Phi) is 11.0. The lowest BCUT2D eigenvalue weighted by molar-refractivity contribution is -0.137. The molecule has 0 aliphatic carbocycles. The summed E-state index contributed by atoms with van der Waals surface area (Å²) in [5.41, 5.74) is 0. The molecule has 0 fully saturated rings. The minimum Gasteiger partial charge on any atom is -0.463 e. The number of carbonyl (C=O) groups is 1. The third-order valence-electron chi connectivity index (χ3n) is 2.23. The highest BCUT2D eigenvalue weighted by atomic mass is 16.7. The number of rotatable bonds is 10. The molecule has 4 heteroatoms. The van der Waals surface area contributed by atoms with Crippen LogP contribution in [0.25, 0.3) is 0 Å². The molecule has 0 aromatic heterocycles. The molecule has 0 bridgehead atoms. The Labute approximate surface area is 104 Å². The molecule has 17 heavy (non-hydrogen) atoms. The lowest BCUT2D eigenvalue weighted by Crippen LogP contribution is -2.13. The van der Waals surface area contributed by atoms with Gasteiger partial charge in [0, 0.05) is 13.2 Å². The second-order valence-electron chi connectivity index (χ2n) is 3.72. The molecule has 0 spiro atoms. The Bertz CT molecular complexity index is 213. The summed E-state index contributed by atoms with van der Waals surface area (Å²) in [6, 6.07) is 0. The van der Waals surface area contributed by atoms with Crippen molar-refractivity contribution in [3.63, 3.8) is 0 Å². The molecule has 0 aliphatic rings. The average molecular weight is 244 g/mol. The first-order chi connectivity index (χ1) is 8.24. The van der Waals surface area contributed by atoms with E-state index in [9.17, 15) is 4.79 Å². The third kappa shape index (κ3) is 10.0. The van der Waals surface area contributed by atoms with E-state index >= 15 is 0 Å². The van der Waals surface area contributed by atoms with E-state index in [-0.39, 0.29) is 18.9 Å².